The van der Waals surface area contributed by atoms with Gasteiger partial charge in [0.1, 0.15) is 0 Å². The van der Waals surface area contributed by atoms with Gasteiger partial charge < -0.3 is 9.64 Å². The molecular formula is C21H35NO. The van der Waals surface area contributed by atoms with Crippen molar-refractivity contribution in [2.45, 2.75) is 85.4 Å². The number of rotatable bonds is 7. The summed E-state index contributed by atoms with van der Waals surface area (Å²) < 4.78 is 5.88. The van der Waals surface area contributed by atoms with Crippen molar-refractivity contribution in [3.05, 3.63) is 28.8 Å². The summed E-state index contributed by atoms with van der Waals surface area (Å²) in [4.78, 5) is 2.51. The lowest BCUT2D eigenvalue weighted by atomic mass is 9.96. The molecule has 130 valence electrons. The average Bonchev–Trinajstić information content (AvgIpc) is 2.50. The van der Waals surface area contributed by atoms with Crippen LogP contribution in [0.5, 0.6) is 0 Å². The summed E-state index contributed by atoms with van der Waals surface area (Å²) >= 11 is 0. The molecule has 0 aliphatic carbocycles. The Morgan fingerprint density at radius 3 is 2.26 bits per heavy atom. The molecule has 0 saturated carbocycles. The minimum Gasteiger partial charge on any atom is -0.372 e. The van der Waals surface area contributed by atoms with E-state index in [2.05, 4.69) is 51.7 Å². The zero-order valence-electron chi connectivity index (χ0n) is 15.8. The highest BCUT2D eigenvalue weighted by Crippen LogP contribution is 2.29. The number of aryl methyl sites for hydroxylation is 1. The summed E-state index contributed by atoms with van der Waals surface area (Å²) in [6.07, 6.45) is 8.64. The van der Waals surface area contributed by atoms with E-state index in [1.54, 1.807) is 0 Å². The first-order valence-electron chi connectivity index (χ1n) is 9.52. The van der Waals surface area contributed by atoms with Crippen molar-refractivity contribution >= 4 is 5.69 Å². The fourth-order valence-electron chi connectivity index (χ4n) is 3.77. The highest BCUT2D eigenvalue weighted by molar-refractivity contribution is 5.58. The van der Waals surface area contributed by atoms with E-state index in [1.165, 1.54) is 60.9 Å². The van der Waals surface area contributed by atoms with Gasteiger partial charge in [-0.3, -0.25) is 0 Å². The molecule has 1 aliphatic heterocycles. The molecule has 1 fully saturated rings. The molecule has 1 aromatic carbocycles. The van der Waals surface area contributed by atoms with Gasteiger partial charge in [-0.15, -0.1) is 0 Å². The number of hydrogen-bond acceptors (Lipinski definition) is 2. The maximum Gasteiger partial charge on any atom is 0.0726 e. The highest BCUT2D eigenvalue weighted by atomic mass is 16.5. The predicted molar refractivity (Wildman–Crippen MR) is 101 cm³/mol. The second-order valence-electron chi connectivity index (χ2n) is 7.32. The Kier molecular flexibility index (Phi) is 6.95. The van der Waals surface area contributed by atoms with Gasteiger partial charge >= 0.3 is 0 Å². The summed E-state index contributed by atoms with van der Waals surface area (Å²) in [6.45, 7) is 13.2. The predicted octanol–water partition coefficient (Wildman–Crippen LogP) is 5.43. The molecule has 2 rings (SSSR count). The number of nitrogens with zero attached hydrogens (tertiary/aromatic N) is 1. The number of benzene rings is 1. The molecule has 0 amide bonds. The van der Waals surface area contributed by atoms with E-state index in [0.29, 0.717) is 12.2 Å². The molecule has 1 aromatic rings. The minimum atomic E-state index is 0.316. The Hall–Kier alpha value is -1.02. The quantitative estimate of drug-likeness (QED) is 0.622. The highest BCUT2D eigenvalue weighted by Gasteiger charge is 2.23. The van der Waals surface area contributed by atoms with E-state index in [9.17, 15) is 0 Å². The average molecular weight is 318 g/mol. The van der Waals surface area contributed by atoms with Gasteiger partial charge in [0.2, 0.25) is 0 Å². The summed E-state index contributed by atoms with van der Waals surface area (Å²) in [5.41, 5.74) is 5.89. The van der Waals surface area contributed by atoms with E-state index in [4.69, 9.17) is 4.74 Å². The molecule has 0 N–H and O–H groups in total. The van der Waals surface area contributed by atoms with Crippen molar-refractivity contribution in [3.63, 3.8) is 0 Å². The zero-order valence-corrected chi connectivity index (χ0v) is 15.8. The van der Waals surface area contributed by atoms with Crippen molar-refractivity contribution < 1.29 is 4.74 Å². The molecule has 2 nitrogen and oxygen atoms in total. The number of hydrogen-bond donors (Lipinski definition) is 0. The molecule has 0 aromatic heterocycles. The van der Waals surface area contributed by atoms with Crippen LogP contribution in [-0.4, -0.2) is 25.3 Å². The monoisotopic (exact) mass is 317 g/mol. The van der Waals surface area contributed by atoms with Crippen LogP contribution in [-0.2, 0) is 11.2 Å². The van der Waals surface area contributed by atoms with Gasteiger partial charge in [-0.05, 0) is 63.3 Å². The summed E-state index contributed by atoms with van der Waals surface area (Å²) in [5.74, 6) is 0. The maximum absolute atomic E-state index is 5.88. The van der Waals surface area contributed by atoms with Crippen molar-refractivity contribution in [2.24, 2.45) is 0 Å². The Bertz CT molecular complexity index is 487. The number of anilines is 1. The minimum absolute atomic E-state index is 0.316. The lowest BCUT2D eigenvalue weighted by Crippen LogP contribution is -2.45. The molecule has 1 aliphatic rings. The number of morpholine rings is 1. The largest absolute Gasteiger partial charge is 0.372 e. The molecule has 2 atom stereocenters. The maximum atomic E-state index is 5.88. The zero-order chi connectivity index (χ0) is 16.8. The van der Waals surface area contributed by atoms with Gasteiger partial charge in [-0.2, -0.15) is 0 Å². The van der Waals surface area contributed by atoms with Gasteiger partial charge in [-0.25, -0.2) is 0 Å². The first kappa shape index (κ1) is 18.3. The first-order chi connectivity index (χ1) is 11.0. The van der Waals surface area contributed by atoms with Crippen molar-refractivity contribution in [2.75, 3.05) is 18.0 Å². The van der Waals surface area contributed by atoms with Crippen LogP contribution >= 0.6 is 0 Å². The third kappa shape index (κ3) is 4.97. The molecule has 0 spiro atoms. The summed E-state index contributed by atoms with van der Waals surface area (Å²) in [7, 11) is 0. The topological polar surface area (TPSA) is 12.5 Å². The van der Waals surface area contributed by atoms with Gasteiger partial charge in [0.15, 0.2) is 0 Å². The van der Waals surface area contributed by atoms with E-state index in [0.717, 1.165) is 13.1 Å². The molecule has 0 bridgehead atoms. The van der Waals surface area contributed by atoms with Gasteiger partial charge in [0.25, 0.3) is 0 Å². The van der Waals surface area contributed by atoms with Crippen molar-refractivity contribution in [1.82, 2.24) is 0 Å². The number of ether oxygens (including phenoxy) is 1. The van der Waals surface area contributed by atoms with Crippen LogP contribution in [0, 0.1) is 13.8 Å². The van der Waals surface area contributed by atoms with Crippen LogP contribution in [0.25, 0.3) is 0 Å². The van der Waals surface area contributed by atoms with Crippen LogP contribution in [0.1, 0.15) is 69.6 Å². The van der Waals surface area contributed by atoms with Crippen molar-refractivity contribution in [1.29, 1.82) is 0 Å². The van der Waals surface area contributed by atoms with Gasteiger partial charge in [0.05, 0.1) is 12.2 Å². The second kappa shape index (κ2) is 8.73. The third-order valence-electron chi connectivity index (χ3n) is 5.18. The van der Waals surface area contributed by atoms with Crippen molar-refractivity contribution in [3.8, 4) is 0 Å². The Morgan fingerprint density at radius 1 is 0.957 bits per heavy atom. The smallest absolute Gasteiger partial charge is 0.0726 e. The fourth-order valence-corrected chi connectivity index (χ4v) is 3.77. The van der Waals surface area contributed by atoms with E-state index < -0.39 is 0 Å². The van der Waals surface area contributed by atoms with Crippen LogP contribution in [0.2, 0.25) is 0 Å². The van der Waals surface area contributed by atoms with E-state index >= 15 is 0 Å². The molecule has 0 radical (unpaired) electrons. The lowest BCUT2D eigenvalue weighted by molar-refractivity contribution is -0.00525. The van der Waals surface area contributed by atoms with Crippen LogP contribution in [0.4, 0.5) is 5.69 Å². The van der Waals surface area contributed by atoms with E-state index in [1.807, 2.05) is 0 Å². The molecule has 2 heteroatoms. The Morgan fingerprint density at radius 2 is 1.61 bits per heavy atom. The Labute approximate surface area is 143 Å². The van der Waals surface area contributed by atoms with Crippen LogP contribution < -0.4 is 4.90 Å². The molecule has 1 heterocycles. The van der Waals surface area contributed by atoms with Crippen LogP contribution in [0.15, 0.2) is 12.1 Å². The molecule has 0 unspecified atom stereocenters. The third-order valence-corrected chi connectivity index (χ3v) is 5.18. The Balaban J connectivity index is 2.02. The normalized spacial score (nSPS) is 21.7. The summed E-state index contributed by atoms with van der Waals surface area (Å²) in [6, 6.07) is 4.71. The number of unbranched alkanes of at least 4 members (excludes halogenated alkanes) is 4. The first-order valence-corrected chi connectivity index (χ1v) is 9.52. The SMILES string of the molecule is CCCCCCCc1ccc(N2C[C@@H](C)O[C@@H](C)C2)c(C)c1C. The second-order valence-corrected chi connectivity index (χ2v) is 7.32. The van der Waals surface area contributed by atoms with Gasteiger partial charge in [-0.1, -0.05) is 38.7 Å². The van der Waals surface area contributed by atoms with Gasteiger partial charge in [0, 0.05) is 18.8 Å². The van der Waals surface area contributed by atoms with Crippen LogP contribution in [0.3, 0.4) is 0 Å². The standard InChI is InChI=1S/C21H35NO/c1-6-7-8-9-10-11-20-12-13-21(19(5)18(20)4)22-14-16(2)23-17(3)15-22/h12-13,16-17H,6-11,14-15H2,1-5H3/t16-,17+. The molecular weight excluding hydrogens is 282 g/mol. The lowest BCUT2D eigenvalue weighted by Gasteiger charge is -2.38. The molecule has 23 heavy (non-hydrogen) atoms. The molecule has 1 saturated heterocycles. The summed E-state index contributed by atoms with van der Waals surface area (Å²) in [5, 5.41) is 0. The fraction of sp³-hybridized carbons (Fsp3) is 0.714. The van der Waals surface area contributed by atoms with E-state index in [-0.39, 0.29) is 0 Å².